The van der Waals surface area contributed by atoms with Gasteiger partial charge >= 0.3 is 0 Å². The number of carbonyl (C=O) groups is 1. The summed E-state index contributed by atoms with van der Waals surface area (Å²) in [5.74, 6) is -0.106. The Morgan fingerprint density at radius 2 is 2.00 bits per heavy atom. The maximum Gasteiger partial charge on any atom is 0.132 e. The molecular formula is C7H13FO. The SMILES string of the molecule is CC(=O)CC(F)C(C)C. The zero-order chi connectivity index (χ0) is 7.44. The molecular weight excluding hydrogens is 119 g/mol. The highest BCUT2D eigenvalue weighted by Crippen LogP contribution is 2.09. The van der Waals surface area contributed by atoms with Crippen LogP contribution < -0.4 is 0 Å². The lowest BCUT2D eigenvalue weighted by atomic mass is 10.0. The second-order valence-corrected chi connectivity index (χ2v) is 2.67. The number of carbonyl (C=O) groups excluding carboxylic acids is 1. The molecule has 0 saturated carbocycles. The molecule has 0 aliphatic carbocycles. The molecule has 54 valence electrons. The van der Waals surface area contributed by atoms with E-state index in [4.69, 9.17) is 0 Å². The smallest absolute Gasteiger partial charge is 0.132 e. The highest BCUT2D eigenvalue weighted by molar-refractivity contribution is 5.75. The standard InChI is InChI=1S/C7H13FO/c1-5(2)7(8)4-6(3)9/h5,7H,4H2,1-3H3. The lowest BCUT2D eigenvalue weighted by molar-refractivity contribution is -0.118. The van der Waals surface area contributed by atoms with E-state index in [1.165, 1.54) is 6.92 Å². The summed E-state index contributed by atoms with van der Waals surface area (Å²) in [6.45, 7) is 4.95. The van der Waals surface area contributed by atoms with Crippen molar-refractivity contribution in [3.8, 4) is 0 Å². The summed E-state index contributed by atoms with van der Waals surface area (Å²) in [4.78, 5) is 10.3. The highest BCUT2D eigenvalue weighted by Gasteiger charge is 2.12. The fourth-order valence-electron chi connectivity index (χ4n) is 0.510. The van der Waals surface area contributed by atoms with E-state index in [9.17, 15) is 9.18 Å². The zero-order valence-corrected chi connectivity index (χ0v) is 6.15. The summed E-state index contributed by atoms with van der Waals surface area (Å²) in [7, 11) is 0. The molecule has 1 unspecified atom stereocenters. The van der Waals surface area contributed by atoms with E-state index < -0.39 is 6.17 Å². The first-order valence-electron chi connectivity index (χ1n) is 3.17. The Hall–Kier alpha value is -0.400. The average Bonchev–Trinajstić information content (AvgIpc) is 1.63. The predicted molar refractivity (Wildman–Crippen MR) is 35.0 cm³/mol. The normalized spacial score (nSPS) is 13.9. The van der Waals surface area contributed by atoms with Crippen molar-refractivity contribution in [3.05, 3.63) is 0 Å². The van der Waals surface area contributed by atoms with E-state index in [0.29, 0.717) is 0 Å². The van der Waals surface area contributed by atoms with E-state index in [1.54, 1.807) is 13.8 Å². The van der Waals surface area contributed by atoms with Crippen LogP contribution in [0.5, 0.6) is 0 Å². The van der Waals surface area contributed by atoms with Gasteiger partial charge in [0, 0.05) is 6.42 Å². The van der Waals surface area contributed by atoms with Crippen molar-refractivity contribution in [3.63, 3.8) is 0 Å². The van der Waals surface area contributed by atoms with Gasteiger partial charge in [-0.3, -0.25) is 4.79 Å². The molecule has 0 aromatic rings. The maximum absolute atomic E-state index is 12.6. The second-order valence-electron chi connectivity index (χ2n) is 2.67. The Morgan fingerprint density at radius 3 is 2.11 bits per heavy atom. The minimum atomic E-state index is -0.956. The topological polar surface area (TPSA) is 17.1 Å². The third-order valence-electron chi connectivity index (χ3n) is 1.21. The summed E-state index contributed by atoms with van der Waals surface area (Å²) in [5.41, 5.74) is 0. The molecule has 0 heterocycles. The fourth-order valence-corrected chi connectivity index (χ4v) is 0.510. The second kappa shape index (κ2) is 3.59. The third-order valence-corrected chi connectivity index (χ3v) is 1.21. The number of alkyl halides is 1. The van der Waals surface area contributed by atoms with Gasteiger partial charge in [0.1, 0.15) is 12.0 Å². The molecule has 1 nitrogen and oxygen atoms in total. The summed E-state index contributed by atoms with van der Waals surface area (Å²) >= 11 is 0. The van der Waals surface area contributed by atoms with E-state index in [0.717, 1.165) is 0 Å². The fraction of sp³-hybridized carbons (Fsp3) is 0.857. The van der Waals surface area contributed by atoms with Gasteiger partial charge in [-0.2, -0.15) is 0 Å². The maximum atomic E-state index is 12.6. The van der Waals surface area contributed by atoms with Gasteiger partial charge in [-0.15, -0.1) is 0 Å². The quantitative estimate of drug-likeness (QED) is 0.573. The van der Waals surface area contributed by atoms with Gasteiger partial charge in [-0.05, 0) is 12.8 Å². The van der Waals surface area contributed by atoms with Gasteiger partial charge in [0.2, 0.25) is 0 Å². The molecule has 0 fully saturated rings. The van der Waals surface area contributed by atoms with Crippen LogP contribution in [0.15, 0.2) is 0 Å². The van der Waals surface area contributed by atoms with Crippen molar-refractivity contribution in [2.75, 3.05) is 0 Å². The van der Waals surface area contributed by atoms with E-state index in [2.05, 4.69) is 0 Å². The third kappa shape index (κ3) is 4.13. The Balaban J connectivity index is 3.50. The summed E-state index contributed by atoms with van der Waals surface area (Å²) in [6.07, 6.45) is -0.889. The van der Waals surface area contributed by atoms with Gasteiger partial charge in [-0.25, -0.2) is 4.39 Å². The van der Waals surface area contributed by atoms with Crippen LogP contribution in [0.3, 0.4) is 0 Å². The van der Waals surface area contributed by atoms with Gasteiger partial charge in [-0.1, -0.05) is 13.8 Å². The van der Waals surface area contributed by atoms with Gasteiger partial charge in [0.25, 0.3) is 0 Å². The summed E-state index contributed by atoms with van der Waals surface area (Å²) in [5, 5.41) is 0. The van der Waals surface area contributed by atoms with Crippen molar-refractivity contribution in [2.45, 2.75) is 33.4 Å². The van der Waals surface area contributed by atoms with Crippen LogP contribution in [-0.4, -0.2) is 12.0 Å². The molecule has 0 aromatic carbocycles. The lowest BCUT2D eigenvalue weighted by Gasteiger charge is -2.08. The van der Waals surface area contributed by atoms with Crippen LogP contribution in [0.25, 0.3) is 0 Å². The van der Waals surface area contributed by atoms with Crippen LogP contribution in [0.1, 0.15) is 27.2 Å². The molecule has 0 aliphatic rings. The van der Waals surface area contributed by atoms with Crippen molar-refractivity contribution >= 4 is 5.78 Å². The molecule has 0 radical (unpaired) electrons. The van der Waals surface area contributed by atoms with Crippen LogP contribution in [0.2, 0.25) is 0 Å². The number of hydrogen-bond donors (Lipinski definition) is 0. The molecule has 0 spiro atoms. The van der Waals surface area contributed by atoms with E-state index in [1.807, 2.05) is 0 Å². The largest absolute Gasteiger partial charge is 0.300 e. The molecule has 0 aliphatic heterocycles. The lowest BCUT2D eigenvalue weighted by Crippen LogP contribution is -2.12. The molecule has 0 N–H and O–H groups in total. The monoisotopic (exact) mass is 132 g/mol. The Kier molecular flexibility index (Phi) is 3.43. The Morgan fingerprint density at radius 1 is 1.56 bits per heavy atom. The van der Waals surface area contributed by atoms with Crippen LogP contribution in [0, 0.1) is 5.92 Å². The van der Waals surface area contributed by atoms with Gasteiger partial charge in [0.05, 0.1) is 0 Å². The molecule has 0 rings (SSSR count). The van der Waals surface area contributed by atoms with Crippen molar-refractivity contribution < 1.29 is 9.18 Å². The summed E-state index contributed by atoms with van der Waals surface area (Å²) in [6, 6.07) is 0. The van der Waals surface area contributed by atoms with Gasteiger partial charge in [0.15, 0.2) is 0 Å². The number of ketones is 1. The van der Waals surface area contributed by atoms with Crippen molar-refractivity contribution in [2.24, 2.45) is 5.92 Å². The summed E-state index contributed by atoms with van der Waals surface area (Å²) < 4.78 is 12.6. The Labute approximate surface area is 55.3 Å². The van der Waals surface area contributed by atoms with Crippen LogP contribution in [0.4, 0.5) is 4.39 Å². The number of hydrogen-bond acceptors (Lipinski definition) is 1. The molecule has 0 aromatic heterocycles. The van der Waals surface area contributed by atoms with Crippen LogP contribution >= 0.6 is 0 Å². The van der Waals surface area contributed by atoms with E-state index >= 15 is 0 Å². The minimum absolute atomic E-state index is 0.0334. The van der Waals surface area contributed by atoms with Crippen molar-refractivity contribution in [1.82, 2.24) is 0 Å². The molecule has 1 atom stereocenters. The zero-order valence-electron chi connectivity index (χ0n) is 6.15. The van der Waals surface area contributed by atoms with Crippen molar-refractivity contribution in [1.29, 1.82) is 0 Å². The number of rotatable bonds is 3. The predicted octanol–water partition coefficient (Wildman–Crippen LogP) is 1.96. The molecule has 9 heavy (non-hydrogen) atoms. The number of Topliss-reactive ketones (excluding diaryl/α,β-unsaturated/α-hetero) is 1. The molecule has 2 heteroatoms. The first kappa shape index (κ1) is 8.60. The first-order chi connectivity index (χ1) is 4.04. The van der Waals surface area contributed by atoms with Gasteiger partial charge < -0.3 is 0 Å². The minimum Gasteiger partial charge on any atom is -0.300 e. The number of halogens is 1. The molecule has 0 saturated heterocycles. The van der Waals surface area contributed by atoms with E-state index in [-0.39, 0.29) is 18.1 Å². The Bertz CT molecular complexity index is 99.1. The highest BCUT2D eigenvalue weighted by atomic mass is 19.1. The molecule has 0 bridgehead atoms. The first-order valence-corrected chi connectivity index (χ1v) is 3.17. The van der Waals surface area contributed by atoms with Crippen LogP contribution in [-0.2, 0) is 4.79 Å². The average molecular weight is 132 g/mol. The molecule has 0 amide bonds.